The molecule has 0 spiro atoms. The molecule has 0 fully saturated rings. The summed E-state index contributed by atoms with van der Waals surface area (Å²) in [6, 6.07) is 12.1. The van der Waals surface area contributed by atoms with E-state index in [-0.39, 0.29) is 6.61 Å². The third kappa shape index (κ3) is 4.73. The first-order chi connectivity index (χ1) is 13.4. The van der Waals surface area contributed by atoms with Gasteiger partial charge in [0.05, 0.1) is 0 Å². The quantitative estimate of drug-likeness (QED) is 0.659. The fraction of sp³-hybridized carbons (Fsp3) is 0.200. The maximum atomic E-state index is 12.1. The molecule has 2 amide bonds. The largest absolute Gasteiger partial charge is 0.484 e. The number of nitrogens with zero attached hydrogens (tertiary/aromatic N) is 2. The van der Waals surface area contributed by atoms with Crippen LogP contribution in [0.15, 0.2) is 47.0 Å². The highest BCUT2D eigenvalue weighted by molar-refractivity contribution is 5.95. The van der Waals surface area contributed by atoms with Crippen LogP contribution in [0, 0.1) is 20.8 Å². The number of hydrazine groups is 1. The monoisotopic (exact) mass is 380 g/mol. The number of benzene rings is 2. The molecule has 144 valence electrons. The lowest BCUT2D eigenvalue weighted by Crippen LogP contribution is -2.43. The highest BCUT2D eigenvalue weighted by atomic mass is 16.5. The van der Waals surface area contributed by atoms with Gasteiger partial charge in [0, 0.05) is 11.1 Å². The van der Waals surface area contributed by atoms with Gasteiger partial charge in [0.15, 0.2) is 12.4 Å². The van der Waals surface area contributed by atoms with Crippen molar-refractivity contribution >= 4 is 11.8 Å². The second kappa shape index (κ2) is 8.34. The SMILES string of the molecule is Cc1noc(-c2ccc(C(=O)NNC(=O)COc3ccc(C)c(C)c3)cc2)n1. The molecule has 0 bridgehead atoms. The Labute approximate surface area is 161 Å². The number of rotatable bonds is 5. The molecule has 1 heterocycles. The van der Waals surface area contributed by atoms with E-state index in [2.05, 4.69) is 21.0 Å². The second-order valence-electron chi connectivity index (χ2n) is 6.26. The number of hydrogen-bond acceptors (Lipinski definition) is 6. The molecule has 0 atom stereocenters. The van der Waals surface area contributed by atoms with E-state index in [1.54, 1.807) is 37.3 Å². The number of ether oxygens (including phenoxy) is 1. The van der Waals surface area contributed by atoms with Crippen LogP contribution in [-0.4, -0.2) is 28.6 Å². The molecule has 0 aliphatic carbocycles. The number of aromatic nitrogens is 2. The predicted molar refractivity (Wildman–Crippen MR) is 101 cm³/mol. The van der Waals surface area contributed by atoms with Gasteiger partial charge in [-0.15, -0.1) is 0 Å². The van der Waals surface area contributed by atoms with Gasteiger partial charge in [0.25, 0.3) is 17.7 Å². The Balaban J connectivity index is 1.49. The number of hydrogen-bond donors (Lipinski definition) is 2. The van der Waals surface area contributed by atoms with Crippen molar-refractivity contribution in [3.05, 3.63) is 65.0 Å². The van der Waals surface area contributed by atoms with E-state index in [0.717, 1.165) is 11.1 Å². The van der Waals surface area contributed by atoms with Crippen LogP contribution in [0.3, 0.4) is 0 Å². The van der Waals surface area contributed by atoms with Crippen molar-refractivity contribution in [3.63, 3.8) is 0 Å². The Morgan fingerprint density at radius 3 is 2.39 bits per heavy atom. The maximum Gasteiger partial charge on any atom is 0.276 e. The second-order valence-corrected chi connectivity index (χ2v) is 6.26. The van der Waals surface area contributed by atoms with Gasteiger partial charge in [0.1, 0.15) is 5.75 Å². The minimum atomic E-state index is -0.468. The highest BCUT2D eigenvalue weighted by Crippen LogP contribution is 2.18. The van der Waals surface area contributed by atoms with Crippen LogP contribution in [0.2, 0.25) is 0 Å². The summed E-state index contributed by atoms with van der Waals surface area (Å²) >= 11 is 0. The third-order valence-electron chi connectivity index (χ3n) is 4.09. The summed E-state index contributed by atoms with van der Waals surface area (Å²) in [6.45, 7) is 5.48. The molecule has 28 heavy (non-hydrogen) atoms. The van der Waals surface area contributed by atoms with Crippen LogP contribution in [0.1, 0.15) is 27.3 Å². The van der Waals surface area contributed by atoms with E-state index in [4.69, 9.17) is 9.26 Å². The first-order valence-corrected chi connectivity index (χ1v) is 8.62. The number of amides is 2. The zero-order chi connectivity index (χ0) is 20.1. The van der Waals surface area contributed by atoms with Crippen LogP contribution < -0.4 is 15.6 Å². The molecular formula is C20H20N4O4. The van der Waals surface area contributed by atoms with E-state index in [1.807, 2.05) is 26.0 Å². The van der Waals surface area contributed by atoms with Crippen LogP contribution in [0.5, 0.6) is 5.75 Å². The Hall–Kier alpha value is -3.68. The van der Waals surface area contributed by atoms with Crippen LogP contribution in [0.4, 0.5) is 0 Å². The molecule has 0 aliphatic heterocycles. The van der Waals surface area contributed by atoms with Crippen molar-refractivity contribution in [2.45, 2.75) is 20.8 Å². The number of aryl methyl sites for hydroxylation is 3. The van der Waals surface area contributed by atoms with Crippen LogP contribution in [-0.2, 0) is 4.79 Å². The lowest BCUT2D eigenvalue weighted by atomic mass is 10.1. The first-order valence-electron chi connectivity index (χ1n) is 8.62. The van der Waals surface area contributed by atoms with Crippen molar-refractivity contribution in [3.8, 4) is 17.2 Å². The summed E-state index contributed by atoms with van der Waals surface area (Å²) in [5.41, 5.74) is 7.96. The van der Waals surface area contributed by atoms with E-state index < -0.39 is 11.8 Å². The highest BCUT2D eigenvalue weighted by Gasteiger charge is 2.11. The fourth-order valence-corrected chi connectivity index (χ4v) is 2.37. The van der Waals surface area contributed by atoms with Gasteiger partial charge in [0.2, 0.25) is 0 Å². The van der Waals surface area contributed by atoms with Gasteiger partial charge >= 0.3 is 0 Å². The smallest absolute Gasteiger partial charge is 0.276 e. The van der Waals surface area contributed by atoms with E-state index in [0.29, 0.717) is 28.6 Å². The average molecular weight is 380 g/mol. The number of carbonyl (C=O) groups is 2. The van der Waals surface area contributed by atoms with Crippen LogP contribution in [0.25, 0.3) is 11.5 Å². The van der Waals surface area contributed by atoms with Gasteiger partial charge in [-0.2, -0.15) is 4.98 Å². The molecule has 8 heteroatoms. The Bertz CT molecular complexity index is 996. The fourth-order valence-electron chi connectivity index (χ4n) is 2.37. The first kappa shape index (κ1) is 19.1. The molecule has 2 aromatic carbocycles. The summed E-state index contributed by atoms with van der Waals surface area (Å²) in [5.74, 6) is 0.581. The lowest BCUT2D eigenvalue weighted by Gasteiger charge is -2.10. The molecule has 8 nitrogen and oxygen atoms in total. The van der Waals surface area contributed by atoms with Gasteiger partial charge in [-0.3, -0.25) is 20.4 Å². The standard InChI is InChI=1S/C20H20N4O4/c1-12-4-9-17(10-13(12)2)27-11-18(25)22-23-19(26)15-5-7-16(8-6-15)20-21-14(3)24-28-20/h4-10H,11H2,1-3H3,(H,22,25)(H,23,26). The molecule has 0 saturated carbocycles. The van der Waals surface area contributed by atoms with Gasteiger partial charge < -0.3 is 9.26 Å². The van der Waals surface area contributed by atoms with Crippen molar-refractivity contribution in [2.24, 2.45) is 0 Å². The summed E-state index contributed by atoms with van der Waals surface area (Å²) in [5, 5.41) is 3.72. The average Bonchev–Trinajstić information content (AvgIpc) is 3.13. The van der Waals surface area contributed by atoms with Crippen molar-refractivity contribution < 1.29 is 18.8 Å². The predicted octanol–water partition coefficient (Wildman–Crippen LogP) is 2.50. The van der Waals surface area contributed by atoms with Gasteiger partial charge in [-0.1, -0.05) is 11.2 Å². The molecule has 3 rings (SSSR count). The number of carbonyl (C=O) groups excluding carboxylic acids is 2. The molecule has 1 aromatic heterocycles. The molecule has 0 aliphatic rings. The summed E-state index contributed by atoms with van der Waals surface area (Å²) < 4.78 is 10.5. The lowest BCUT2D eigenvalue weighted by molar-refractivity contribution is -0.123. The molecule has 0 radical (unpaired) electrons. The zero-order valence-corrected chi connectivity index (χ0v) is 15.8. The molecular weight excluding hydrogens is 360 g/mol. The summed E-state index contributed by atoms with van der Waals surface area (Å²) in [6.07, 6.45) is 0. The van der Waals surface area contributed by atoms with Gasteiger partial charge in [-0.05, 0) is 68.3 Å². The van der Waals surface area contributed by atoms with Crippen LogP contribution >= 0.6 is 0 Å². The Kier molecular flexibility index (Phi) is 5.69. The normalized spacial score (nSPS) is 10.4. The summed E-state index contributed by atoms with van der Waals surface area (Å²) in [4.78, 5) is 28.1. The Morgan fingerprint density at radius 1 is 1.00 bits per heavy atom. The van der Waals surface area contributed by atoms with Gasteiger partial charge in [-0.25, -0.2) is 0 Å². The minimum absolute atomic E-state index is 0.210. The topological polar surface area (TPSA) is 106 Å². The van der Waals surface area contributed by atoms with E-state index in [1.165, 1.54) is 0 Å². The van der Waals surface area contributed by atoms with Crippen molar-refractivity contribution in [1.29, 1.82) is 0 Å². The van der Waals surface area contributed by atoms with E-state index >= 15 is 0 Å². The van der Waals surface area contributed by atoms with E-state index in [9.17, 15) is 9.59 Å². The molecule has 3 aromatic rings. The number of nitrogens with one attached hydrogen (secondary N) is 2. The van der Waals surface area contributed by atoms with Crippen molar-refractivity contribution in [1.82, 2.24) is 21.0 Å². The maximum absolute atomic E-state index is 12.1. The zero-order valence-electron chi connectivity index (χ0n) is 15.8. The Morgan fingerprint density at radius 2 is 1.75 bits per heavy atom. The molecule has 0 unspecified atom stereocenters. The summed E-state index contributed by atoms with van der Waals surface area (Å²) in [7, 11) is 0. The molecule has 2 N–H and O–H groups in total. The van der Waals surface area contributed by atoms with Crippen molar-refractivity contribution in [2.75, 3.05) is 6.61 Å². The molecule has 0 saturated heterocycles. The third-order valence-corrected chi connectivity index (χ3v) is 4.09. The minimum Gasteiger partial charge on any atom is -0.484 e.